The molecule has 4 nitrogen and oxygen atoms in total. The Kier molecular flexibility index (Phi) is 4.26. The average molecular weight is 312 g/mol. The van der Waals surface area contributed by atoms with Crippen LogP contribution >= 0.6 is 0 Å². The standard InChI is InChI=1S/C16H28O4Si/c1-6-19-13(17)16(14(18)20-7-2)9-8-15(10-12(15)16)11-21(3,4)5/h12H,6-11H2,1-5H3. The second kappa shape index (κ2) is 5.41. The molecule has 0 aromatic rings. The van der Waals surface area contributed by atoms with Crippen LogP contribution in [0.25, 0.3) is 0 Å². The SMILES string of the molecule is CCOC(=O)C1(C(=O)OCC)CCC2(C[Si](C)(C)C)CC21. The van der Waals surface area contributed by atoms with E-state index in [4.69, 9.17) is 9.47 Å². The predicted octanol–water partition coefficient (Wildman–Crippen LogP) is 3.24. The van der Waals surface area contributed by atoms with E-state index in [9.17, 15) is 9.59 Å². The van der Waals surface area contributed by atoms with Crippen molar-refractivity contribution in [1.82, 2.24) is 0 Å². The maximum atomic E-state index is 12.5. The Bertz CT molecular complexity index is 422. The van der Waals surface area contributed by atoms with Gasteiger partial charge >= 0.3 is 11.9 Å². The molecule has 21 heavy (non-hydrogen) atoms. The Morgan fingerprint density at radius 2 is 1.57 bits per heavy atom. The maximum Gasteiger partial charge on any atom is 0.323 e. The summed E-state index contributed by atoms with van der Waals surface area (Å²) in [6, 6.07) is 1.19. The molecule has 0 amide bonds. The molecular weight excluding hydrogens is 284 g/mol. The van der Waals surface area contributed by atoms with Crippen LogP contribution in [0.4, 0.5) is 0 Å². The zero-order chi connectivity index (χ0) is 15.9. The number of ether oxygens (including phenoxy) is 2. The van der Waals surface area contributed by atoms with Crippen molar-refractivity contribution in [2.24, 2.45) is 16.7 Å². The lowest BCUT2D eigenvalue weighted by Crippen LogP contribution is -2.42. The minimum Gasteiger partial charge on any atom is -0.465 e. The molecule has 2 saturated carbocycles. The molecule has 0 aliphatic heterocycles. The summed E-state index contributed by atoms with van der Waals surface area (Å²) in [6.07, 6.45) is 2.54. The van der Waals surface area contributed by atoms with E-state index in [1.54, 1.807) is 13.8 Å². The van der Waals surface area contributed by atoms with E-state index in [0.29, 0.717) is 19.6 Å². The Labute approximate surface area is 128 Å². The molecule has 2 atom stereocenters. The van der Waals surface area contributed by atoms with Crippen LogP contribution in [0.5, 0.6) is 0 Å². The summed E-state index contributed by atoms with van der Waals surface area (Å²) in [5, 5.41) is 0. The van der Waals surface area contributed by atoms with E-state index < -0.39 is 13.5 Å². The minimum atomic E-state index is -1.23. The summed E-state index contributed by atoms with van der Waals surface area (Å²) in [5.74, 6) is -0.582. The number of hydrogen-bond donors (Lipinski definition) is 0. The monoisotopic (exact) mass is 312 g/mol. The van der Waals surface area contributed by atoms with Gasteiger partial charge < -0.3 is 9.47 Å². The predicted molar refractivity (Wildman–Crippen MR) is 83.6 cm³/mol. The van der Waals surface area contributed by atoms with Gasteiger partial charge in [-0.2, -0.15) is 0 Å². The summed E-state index contributed by atoms with van der Waals surface area (Å²) in [7, 11) is -1.23. The molecule has 0 radical (unpaired) electrons. The van der Waals surface area contributed by atoms with Crippen molar-refractivity contribution in [2.75, 3.05) is 13.2 Å². The highest BCUT2D eigenvalue weighted by molar-refractivity contribution is 6.76. The van der Waals surface area contributed by atoms with Crippen LogP contribution in [-0.2, 0) is 19.1 Å². The van der Waals surface area contributed by atoms with Crippen LogP contribution in [-0.4, -0.2) is 33.2 Å². The molecule has 0 aromatic carbocycles. The van der Waals surface area contributed by atoms with Gasteiger partial charge in [0.2, 0.25) is 0 Å². The van der Waals surface area contributed by atoms with Crippen LogP contribution in [0.1, 0.15) is 33.1 Å². The summed E-state index contributed by atoms with van der Waals surface area (Å²) in [5.41, 5.74) is -0.824. The molecule has 0 aromatic heterocycles. The molecule has 2 unspecified atom stereocenters. The molecule has 0 heterocycles. The van der Waals surface area contributed by atoms with Gasteiger partial charge in [0, 0.05) is 8.07 Å². The highest BCUT2D eigenvalue weighted by Gasteiger charge is 2.75. The molecule has 0 N–H and O–H groups in total. The lowest BCUT2D eigenvalue weighted by Gasteiger charge is -2.26. The first kappa shape index (κ1) is 16.5. The van der Waals surface area contributed by atoms with Crippen molar-refractivity contribution in [3.05, 3.63) is 0 Å². The zero-order valence-electron chi connectivity index (χ0n) is 14.0. The quantitative estimate of drug-likeness (QED) is 0.429. The van der Waals surface area contributed by atoms with Gasteiger partial charge in [0.1, 0.15) is 0 Å². The van der Waals surface area contributed by atoms with E-state index in [1.807, 2.05) is 0 Å². The first-order valence-corrected chi connectivity index (χ1v) is 11.8. The molecule has 0 saturated heterocycles. The van der Waals surface area contributed by atoms with E-state index in [2.05, 4.69) is 19.6 Å². The van der Waals surface area contributed by atoms with Gasteiger partial charge in [-0.3, -0.25) is 9.59 Å². The third-order valence-corrected chi connectivity index (χ3v) is 6.73. The number of hydrogen-bond acceptors (Lipinski definition) is 4. The average Bonchev–Trinajstić information content (AvgIpc) is 2.95. The van der Waals surface area contributed by atoms with Crippen molar-refractivity contribution < 1.29 is 19.1 Å². The first-order valence-electron chi connectivity index (χ1n) is 8.06. The molecule has 0 bridgehead atoms. The summed E-state index contributed by atoms with van der Waals surface area (Å²) < 4.78 is 10.5. The van der Waals surface area contributed by atoms with Crippen LogP contribution in [0.2, 0.25) is 25.7 Å². The second-order valence-corrected chi connectivity index (χ2v) is 13.2. The highest BCUT2D eigenvalue weighted by atomic mass is 28.3. The molecule has 2 fully saturated rings. The largest absolute Gasteiger partial charge is 0.465 e. The van der Waals surface area contributed by atoms with Gasteiger partial charge in [-0.05, 0) is 44.4 Å². The van der Waals surface area contributed by atoms with E-state index in [1.165, 1.54) is 6.04 Å². The van der Waals surface area contributed by atoms with Gasteiger partial charge in [-0.25, -0.2) is 0 Å². The summed E-state index contributed by atoms with van der Waals surface area (Å²) >= 11 is 0. The Hall–Kier alpha value is -0.843. The van der Waals surface area contributed by atoms with E-state index in [0.717, 1.165) is 12.8 Å². The fourth-order valence-corrected chi connectivity index (χ4v) is 7.05. The van der Waals surface area contributed by atoms with Crippen molar-refractivity contribution in [3.8, 4) is 0 Å². The molecular formula is C16H28O4Si. The number of fused-ring (bicyclic) bond motifs is 1. The minimum absolute atomic E-state index is 0.134. The molecule has 5 heteroatoms. The number of carbonyl (C=O) groups is 2. The number of esters is 2. The van der Waals surface area contributed by atoms with Gasteiger partial charge in [0.15, 0.2) is 5.41 Å². The number of carbonyl (C=O) groups excluding carboxylic acids is 2. The van der Waals surface area contributed by atoms with Crippen LogP contribution in [0, 0.1) is 16.7 Å². The highest BCUT2D eigenvalue weighted by Crippen LogP contribution is 2.74. The molecule has 2 rings (SSSR count). The zero-order valence-corrected chi connectivity index (χ0v) is 15.0. The number of rotatable bonds is 6. The smallest absolute Gasteiger partial charge is 0.323 e. The molecule has 2 aliphatic rings. The lowest BCUT2D eigenvalue weighted by atomic mass is 9.82. The third-order valence-electron chi connectivity index (χ3n) is 4.96. The topological polar surface area (TPSA) is 52.6 Å². The molecule has 0 spiro atoms. The Balaban J connectivity index is 2.25. The second-order valence-electron chi connectivity index (χ2n) is 7.77. The fourth-order valence-electron chi connectivity index (χ4n) is 4.37. The van der Waals surface area contributed by atoms with Crippen molar-refractivity contribution in [2.45, 2.75) is 58.8 Å². The maximum absolute atomic E-state index is 12.5. The third kappa shape index (κ3) is 2.77. The van der Waals surface area contributed by atoms with Gasteiger partial charge in [0.25, 0.3) is 0 Å². The Morgan fingerprint density at radius 1 is 1.05 bits per heavy atom. The summed E-state index contributed by atoms with van der Waals surface area (Å²) in [6.45, 7) is 11.3. The van der Waals surface area contributed by atoms with Crippen LogP contribution in [0.15, 0.2) is 0 Å². The van der Waals surface area contributed by atoms with Gasteiger partial charge in [0.05, 0.1) is 13.2 Å². The van der Waals surface area contributed by atoms with E-state index in [-0.39, 0.29) is 23.3 Å². The fraction of sp³-hybridized carbons (Fsp3) is 0.875. The van der Waals surface area contributed by atoms with Gasteiger partial charge in [-0.15, -0.1) is 0 Å². The lowest BCUT2D eigenvalue weighted by molar-refractivity contribution is -0.173. The normalized spacial score (nSPS) is 29.7. The summed E-state index contributed by atoms with van der Waals surface area (Å²) in [4.78, 5) is 25.0. The van der Waals surface area contributed by atoms with Crippen LogP contribution < -0.4 is 0 Å². The molecule has 120 valence electrons. The van der Waals surface area contributed by atoms with E-state index >= 15 is 0 Å². The van der Waals surface area contributed by atoms with Crippen molar-refractivity contribution in [3.63, 3.8) is 0 Å². The van der Waals surface area contributed by atoms with Crippen molar-refractivity contribution >= 4 is 20.0 Å². The van der Waals surface area contributed by atoms with Crippen LogP contribution in [0.3, 0.4) is 0 Å². The van der Waals surface area contributed by atoms with Crippen molar-refractivity contribution in [1.29, 1.82) is 0 Å². The molecule has 2 aliphatic carbocycles. The van der Waals surface area contributed by atoms with Gasteiger partial charge in [-0.1, -0.05) is 25.7 Å². The Morgan fingerprint density at radius 3 is 1.95 bits per heavy atom. The first-order chi connectivity index (χ1) is 9.72.